The number of carbonyl (C=O) groups excluding carboxylic acids is 9. The number of benzene rings is 3. The molecule has 2 aliphatic carbocycles. The Morgan fingerprint density at radius 2 is 0.941 bits per heavy atom. The average Bonchev–Trinajstić information content (AvgIpc) is 0.975. The maximum absolute atomic E-state index is 15.3. The van der Waals surface area contributed by atoms with Gasteiger partial charge in [0, 0.05) is 58.0 Å². The van der Waals surface area contributed by atoms with Crippen molar-refractivity contribution < 1.29 is 67.3 Å². The van der Waals surface area contributed by atoms with Gasteiger partial charge in [-0.1, -0.05) is 105 Å². The van der Waals surface area contributed by atoms with Crippen LogP contribution in [0.25, 0.3) is 0 Å². The zero-order valence-electron chi connectivity index (χ0n) is 60.2. The van der Waals surface area contributed by atoms with Gasteiger partial charge in [0.2, 0.25) is 60.0 Å². The molecule has 9 N–H and O–H groups in total. The summed E-state index contributed by atoms with van der Waals surface area (Å²) in [5.74, 6) is -4.16. The summed E-state index contributed by atoms with van der Waals surface area (Å²) < 4.78 is 16.9. The number of nitrogens with zero attached hydrogens (tertiary/aromatic N) is 8. The van der Waals surface area contributed by atoms with Crippen LogP contribution in [0, 0.1) is 0 Å². The molecule has 2 fully saturated rings. The molecular formula is C74H113N13O14S. The van der Waals surface area contributed by atoms with Gasteiger partial charge >= 0.3 is 5.97 Å². The lowest BCUT2D eigenvalue weighted by molar-refractivity contribution is -0.153. The molecule has 102 heavy (non-hydrogen) atoms. The number of nitrogens with two attached hydrogens (primary N) is 3. The molecule has 1 aliphatic heterocycles. The fourth-order valence-corrected chi connectivity index (χ4v) is 13.3. The van der Waals surface area contributed by atoms with Crippen LogP contribution in [-0.4, -0.2) is 265 Å². The largest absolute Gasteiger partial charge is 0.480 e. The molecule has 3 aliphatic rings. The van der Waals surface area contributed by atoms with Crippen molar-refractivity contribution in [3.05, 3.63) is 95.6 Å². The third-order valence-corrected chi connectivity index (χ3v) is 19.4. The first kappa shape index (κ1) is 83.1. The number of carboxylic acids is 1. The summed E-state index contributed by atoms with van der Waals surface area (Å²) in [5.41, 5.74) is 20.4. The summed E-state index contributed by atoms with van der Waals surface area (Å²) in [4.78, 5) is 156. The second-order valence-electron chi connectivity index (χ2n) is 26.4. The van der Waals surface area contributed by atoms with Gasteiger partial charge in [-0.15, -0.1) is 0 Å². The van der Waals surface area contributed by atoms with Gasteiger partial charge in [-0.25, -0.2) is 4.79 Å². The SMILES string of the molecule is CCOCN(CC(=O)N(CCc1ccccc1)CC(=O)N(CCCCN)CC(=O)N(CCCCN)CC(=O)N(CCCCN)CC(=O)NC(CCSC)C(=O)O)C(=O)CN(C(=O)CN(C(=O)CN(CCc1ccccc1)C(=O)CNCc1ccc2c(c1)OCO2)C1CCCCC1)C1CCCCC1. The second-order valence-corrected chi connectivity index (χ2v) is 27.4. The van der Waals surface area contributed by atoms with Crippen LogP contribution in [0.2, 0.25) is 0 Å². The number of aliphatic carboxylic acids is 1. The molecule has 27 nitrogen and oxygen atoms in total. The lowest BCUT2D eigenvalue weighted by atomic mass is 9.93. The molecule has 9 amide bonds. The Morgan fingerprint density at radius 3 is 1.42 bits per heavy atom. The number of nitrogens with one attached hydrogen (secondary N) is 2. The van der Waals surface area contributed by atoms with Crippen LogP contribution in [0.15, 0.2) is 78.9 Å². The molecule has 2 saturated carbocycles. The van der Waals surface area contributed by atoms with Crippen molar-refractivity contribution in [2.75, 3.05) is 143 Å². The molecule has 28 heteroatoms. The van der Waals surface area contributed by atoms with E-state index in [4.69, 9.17) is 31.4 Å². The van der Waals surface area contributed by atoms with Crippen molar-refractivity contribution in [2.24, 2.45) is 17.2 Å². The molecule has 564 valence electrons. The molecule has 3 aromatic rings. The van der Waals surface area contributed by atoms with E-state index in [1.165, 1.54) is 36.3 Å². The highest BCUT2D eigenvalue weighted by Crippen LogP contribution is 2.33. The predicted molar refractivity (Wildman–Crippen MR) is 390 cm³/mol. The van der Waals surface area contributed by atoms with E-state index < -0.39 is 92.6 Å². The smallest absolute Gasteiger partial charge is 0.326 e. The van der Waals surface area contributed by atoms with E-state index in [-0.39, 0.29) is 103 Å². The number of thioether (sulfide) groups is 1. The first-order valence-corrected chi connectivity index (χ1v) is 38.0. The third kappa shape index (κ3) is 29.1. The second kappa shape index (κ2) is 46.7. The molecule has 0 aromatic heterocycles. The van der Waals surface area contributed by atoms with E-state index in [0.717, 1.165) is 55.2 Å². The third-order valence-electron chi connectivity index (χ3n) is 18.8. The van der Waals surface area contributed by atoms with E-state index in [1.807, 2.05) is 85.1 Å². The normalized spacial score (nSPS) is 13.9. The predicted octanol–water partition coefficient (Wildman–Crippen LogP) is 3.82. The van der Waals surface area contributed by atoms with Crippen molar-refractivity contribution >= 4 is 70.9 Å². The molecule has 3 aromatic carbocycles. The summed E-state index contributed by atoms with van der Waals surface area (Å²) >= 11 is 1.43. The fourth-order valence-electron chi connectivity index (χ4n) is 12.8. The highest BCUT2D eigenvalue weighted by molar-refractivity contribution is 7.98. The number of unbranched alkanes of at least 4 members (excludes halogenated alkanes) is 3. The standard InChI is InChI=1S/C74H113N13O14S/c1-3-99-55-85(71(94)53-86(60-26-12-6-13-27-60)73(96)54-87(61-28-14-7-15-29-61)72(95)52-83(41-32-57-22-8-4-9-23-57)66(89)46-78-45-59-30-31-63-64(44-59)101-56-100-63)51-70(93)84(42-33-58-24-10-5-11-25-58)50-69(92)82(40-21-18-37-77)49-68(91)81(39-20-17-36-76)48-67(90)80(38-19-16-35-75)47-65(88)79-62(74(97)98)34-43-102-2/h4-5,8-11,22-25,30-31,44,60-62,78H,3,6-7,12-21,26-29,32-43,45-56,75-77H2,1-2H3,(H,79,88)(H,97,98). The van der Waals surface area contributed by atoms with Crippen LogP contribution in [0.4, 0.5) is 0 Å². The van der Waals surface area contributed by atoms with E-state index >= 15 is 19.2 Å². The molecule has 6 rings (SSSR count). The number of ether oxygens (including phenoxy) is 3. The summed E-state index contributed by atoms with van der Waals surface area (Å²) in [6.07, 6.45) is 13.4. The van der Waals surface area contributed by atoms with Crippen molar-refractivity contribution in [1.82, 2.24) is 49.8 Å². The maximum Gasteiger partial charge on any atom is 0.326 e. The minimum absolute atomic E-state index is 0.0264. The number of carboxylic acid groups (broad SMARTS) is 1. The Labute approximate surface area is 606 Å². The van der Waals surface area contributed by atoms with E-state index in [9.17, 15) is 33.9 Å². The highest BCUT2D eigenvalue weighted by Gasteiger charge is 2.37. The van der Waals surface area contributed by atoms with Gasteiger partial charge in [-0.2, -0.15) is 11.8 Å². The van der Waals surface area contributed by atoms with Gasteiger partial charge in [0.1, 0.15) is 32.4 Å². The number of hydrogen-bond donors (Lipinski definition) is 6. The molecule has 1 unspecified atom stereocenters. The Hall–Kier alpha value is -7.89. The van der Waals surface area contributed by atoms with E-state index in [1.54, 1.807) is 21.6 Å². The number of hydrogen-bond acceptors (Lipinski definition) is 18. The lowest BCUT2D eigenvalue weighted by Gasteiger charge is -2.39. The molecule has 1 heterocycles. The number of rotatable bonds is 48. The van der Waals surface area contributed by atoms with Crippen LogP contribution in [-0.2, 0) is 72.1 Å². The topological polar surface area (TPSA) is 347 Å². The van der Waals surface area contributed by atoms with E-state index in [2.05, 4.69) is 10.6 Å². The number of carbonyl (C=O) groups is 10. The highest BCUT2D eigenvalue weighted by atomic mass is 32.2. The molecule has 0 radical (unpaired) electrons. The molecule has 1 atom stereocenters. The Morgan fingerprint density at radius 1 is 0.510 bits per heavy atom. The van der Waals surface area contributed by atoms with Gasteiger partial charge in [0.15, 0.2) is 11.5 Å². The number of fused-ring (bicyclic) bond motifs is 1. The zero-order valence-corrected chi connectivity index (χ0v) is 61.0. The van der Waals surface area contributed by atoms with E-state index in [0.29, 0.717) is 120 Å². The van der Waals surface area contributed by atoms with Crippen LogP contribution in [0.3, 0.4) is 0 Å². The van der Waals surface area contributed by atoms with Gasteiger partial charge in [0.25, 0.3) is 0 Å². The van der Waals surface area contributed by atoms with Crippen molar-refractivity contribution in [2.45, 2.75) is 154 Å². The van der Waals surface area contributed by atoms with Gasteiger partial charge in [-0.05, 0) is 151 Å². The van der Waals surface area contributed by atoms with Crippen LogP contribution < -0.4 is 37.3 Å². The fraction of sp³-hybridized carbons (Fsp3) is 0.622. The van der Waals surface area contributed by atoms with Crippen molar-refractivity contribution in [3.63, 3.8) is 0 Å². The lowest BCUT2D eigenvalue weighted by Crippen LogP contribution is -2.56. The molecule has 0 bridgehead atoms. The first-order chi connectivity index (χ1) is 49.4. The average molecular weight is 1440 g/mol. The summed E-state index contributed by atoms with van der Waals surface area (Å²) in [6.45, 7) is -0.0403. The summed E-state index contributed by atoms with van der Waals surface area (Å²) in [6, 6.07) is 22.8. The van der Waals surface area contributed by atoms with Crippen molar-refractivity contribution in [1.29, 1.82) is 0 Å². The summed E-state index contributed by atoms with van der Waals surface area (Å²) in [7, 11) is 0. The van der Waals surface area contributed by atoms with Crippen LogP contribution in [0.1, 0.15) is 133 Å². The van der Waals surface area contributed by atoms with Gasteiger partial charge < -0.3 is 86.4 Å². The quantitative estimate of drug-likeness (QED) is 0.0346. The Kier molecular flexibility index (Phi) is 38.0. The van der Waals surface area contributed by atoms with Crippen LogP contribution >= 0.6 is 11.8 Å². The van der Waals surface area contributed by atoms with Crippen LogP contribution in [0.5, 0.6) is 11.5 Å². The Bertz CT molecular complexity index is 3090. The zero-order chi connectivity index (χ0) is 73.4. The molecule has 0 saturated heterocycles. The monoisotopic (exact) mass is 1440 g/mol. The maximum atomic E-state index is 15.3. The van der Waals surface area contributed by atoms with Crippen molar-refractivity contribution in [3.8, 4) is 11.5 Å². The summed E-state index contributed by atoms with van der Waals surface area (Å²) in [5, 5.41) is 15.6. The Balaban J connectivity index is 1.22. The minimum Gasteiger partial charge on any atom is -0.480 e. The molecular weight excluding hydrogens is 1330 g/mol. The first-order valence-electron chi connectivity index (χ1n) is 36.6. The number of amides is 9. The minimum atomic E-state index is -1.21. The van der Waals surface area contributed by atoms with Gasteiger partial charge in [-0.3, -0.25) is 43.2 Å². The molecule has 0 spiro atoms. The van der Waals surface area contributed by atoms with Gasteiger partial charge in [0.05, 0.1) is 39.3 Å².